The second kappa shape index (κ2) is 7.53. The number of hydrogen-bond donors (Lipinski definition) is 2. The summed E-state index contributed by atoms with van der Waals surface area (Å²) < 4.78 is 0. The normalized spacial score (nSPS) is 11.5. The van der Waals surface area contributed by atoms with Gasteiger partial charge >= 0.3 is 0 Å². The first-order chi connectivity index (χ1) is 5.70. The number of nitrogens with zero attached hydrogens (tertiary/aromatic N) is 1. The van der Waals surface area contributed by atoms with Crippen molar-refractivity contribution >= 4 is 0 Å². The van der Waals surface area contributed by atoms with Crippen LogP contribution < -0.4 is 0 Å². The van der Waals surface area contributed by atoms with Crippen molar-refractivity contribution in [3.63, 3.8) is 0 Å². The zero-order valence-electron chi connectivity index (χ0n) is 8.16. The predicted molar refractivity (Wildman–Crippen MR) is 49.9 cm³/mol. The zero-order chi connectivity index (χ0) is 9.40. The maximum Gasteiger partial charge on any atom is 0.151 e. The molecule has 0 aliphatic rings. The standard InChI is InChI=1S/C9H21NO2/c1-3-10(4-2)8-6-5-7-9(11)12/h9,11-12H,3-8H2,1-2H3. The van der Waals surface area contributed by atoms with Gasteiger partial charge in [-0.25, -0.2) is 0 Å². The van der Waals surface area contributed by atoms with Gasteiger partial charge in [-0.3, -0.25) is 0 Å². The van der Waals surface area contributed by atoms with E-state index in [1.54, 1.807) is 0 Å². The van der Waals surface area contributed by atoms with Gasteiger partial charge in [-0.1, -0.05) is 13.8 Å². The molecule has 0 aliphatic carbocycles. The fraction of sp³-hybridized carbons (Fsp3) is 1.00. The van der Waals surface area contributed by atoms with Gasteiger partial charge in [-0.15, -0.1) is 0 Å². The van der Waals surface area contributed by atoms with Crippen molar-refractivity contribution in [2.45, 2.75) is 39.4 Å². The van der Waals surface area contributed by atoms with Crippen LogP contribution in [0.1, 0.15) is 33.1 Å². The first-order valence-corrected chi connectivity index (χ1v) is 4.79. The maximum atomic E-state index is 8.57. The molecule has 0 rings (SSSR count). The van der Waals surface area contributed by atoms with Gasteiger partial charge in [-0.2, -0.15) is 0 Å². The summed E-state index contributed by atoms with van der Waals surface area (Å²) >= 11 is 0. The van der Waals surface area contributed by atoms with E-state index in [-0.39, 0.29) is 0 Å². The van der Waals surface area contributed by atoms with E-state index in [9.17, 15) is 0 Å². The first kappa shape index (κ1) is 11.9. The van der Waals surface area contributed by atoms with E-state index in [2.05, 4.69) is 18.7 Å². The molecule has 0 saturated carbocycles. The number of rotatable bonds is 7. The van der Waals surface area contributed by atoms with Crippen molar-refractivity contribution in [2.24, 2.45) is 0 Å². The fourth-order valence-corrected chi connectivity index (χ4v) is 1.20. The van der Waals surface area contributed by atoms with Gasteiger partial charge in [0.05, 0.1) is 0 Å². The Bertz CT molecular complexity index is 92.5. The molecule has 0 heterocycles. The van der Waals surface area contributed by atoms with E-state index in [4.69, 9.17) is 10.2 Å². The van der Waals surface area contributed by atoms with Crippen LogP contribution in [0.5, 0.6) is 0 Å². The monoisotopic (exact) mass is 175 g/mol. The summed E-state index contributed by atoms with van der Waals surface area (Å²) in [5, 5.41) is 17.1. The highest BCUT2D eigenvalue weighted by Gasteiger charge is 2.00. The molecular formula is C9H21NO2. The van der Waals surface area contributed by atoms with Gasteiger partial charge in [0, 0.05) is 0 Å². The smallest absolute Gasteiger partial charge is 0.151 e. The van der Waals surface area contributed by atoms with Crippen LogP contribution in [0, 0.1) is 0 Å². The fourth-order valence-electron chi connectivity index (χ4n) is 1.20. The Balaban J connectivity index is 3.17. The van der Waals surface area contributed by atoms with Crippen molar-refractivity contribution in [1.29, 1.82) is 0 Å². The van der Waals surface area contributed by atoms with Gasteiger partial charge in [-0.05, 0) is 38.9 Å². The van der Waals surface area contributed by atoms with Crippen molar-refractivity contribution in [3.05, 3.63) is 0 Å². The lowest BCUT2D eigenvalue weighted by atomic mass is 10.2. The number of hydrogen-bond acceptors (Lipinski definition) is 3. The van der Waals surface area contributed by atoms with Gasteiger partial charge in [0.2, 0.25) is 0 Å². The van der Waals surface area contributed by atoms with Crippen molar-refractivity contribution < 1.29 is 10.2 Å². The van der Waals surface area contributed by atoms with E-state index in [1.165, 1.54) is 0 Å². The summed E-state index contributed by atoms with van der Waals surface area (Å²) in [7, 11) is 0. The average Bonchev–Trinajstić information content (AvgIpc) is 2.04. The highest BCUT2D eigenvalue weighted by Crippen LogP contribution is 2.00. The lowest BCUT2D eigenvalue weighted by Gasteiger charge is -2.17. The first-order valence-electron chi connectivity index (χ1n) is 4.79. The Kier molecular flexibility index (Phi) is 7.45. The summed E-state index contributed by atoms with van der Waals surface area (Å²) in [5.41, 5.74) is 0. The summed E-state index contributed by atoms with van der Waals surface area (Å²) in [6, 6.07) is 0. The second-order valence-electron chi connectivity index (χ2n) is 3.00. The molecule has 0 saturated heterocycles. The molecule has 0 fully saturated rings. The third kappa shape index (κ3) is 6.58. The minimum atomic E-state index is -1.12. The second-order valence-corrected chi connectivity index (χ2v) is 3.00. The molecule has 0 spiro atoms. The van der Waals surface area contributed by atoms with Gasteiger partial charge in [0.15, 0.2) is 6.29 Å². The van der Waals surface area contributed by atoms with Crippen molar-refractivity contribution in [2.75, 3.05) is 19.6 Å². The molecule has 0 aromatic heterocycles. The molecule has 12 heavy (non-hydrogen) atoms. The van der Waals surface area contributed by atoms with Gasteiger partial charge < -0.3 is 15.1 Å². The molecule has 0 aromatic carbocycles. The van der Waals surface area contributed by atoms with Crippen LogP contribution in [-0.4, -0.2) is 41.0 Å². The lowest BCUT2D eigenvalue weighted by molar-refractivity contribution is -0.0467. The van der Waals surface area contributed by atoms with Crippen LogP contribution in [0.15, 0.2) is 0 Å². The van der Waals surface area contributed by atoms with E-state index in [1.807, 2.05) is 0 Å². The van der Waals surface area contributed by atoms with Crippen LogP contribution in [0.4, 0.5) is 0 Å². The Morgan fingerprint density at radius 2 is 1.67 bits per heavy atom. The van der Waals surface area contributed by atoms with E-state index in [0.29, 0.717) is 6.42 Å². The largest absolute Gasteiger partial charge is 0.368 e. The Labute approximate surface area is 75.0 Å². The molecule has 0 aromatic rings. The van der Waals surface area contributed by atoms with Crippen LogP contribution in [0.3, 0.4) is 0 Å². The third-order valence-corrected chi connectivity index (χ3v) is 2.08. The van der Waals surface area contributed by atoms with Crippen LogP contribution in [0.25, 0.3) is 0 Å². The Morgan fingerprint density at radius 3 is 2.08 bits per heavy atom. The molecule has 0 radical (unpaired) electrons. The lowest BCUT2D eigenvalue weighted by Crippen LogP contribution is -2.24. The molecule has 0 unspecified atom stereocenters. The predicted octanol–water partition coefficient (Wildman–Crippen LogP) is 0.809. The summed E-state index contributed by atoms with van der Waals surface area (Å²) in [6.07, 6.45) is 1.33. The highest BCUT2D eigenvalue weighted by atomic mass is 16.5. The number of aliphatic hydroxyl groups is 2. The minimum Gasteiger partial charge on any atom is -0.368 e. The molecule has 0 aliphatic heterocycles. The number of unbranched alkanes of at least 4 members (excludes halogenated alkanes) is 1. The van der Waals surface area contributed by atoms with E-state index in [0.717, 1.165) is 32.5 Å². The molecule has 0 atom stereocenters. The SMILES string of the molecule is CCN(CC)CCCCC(O)O. The molecule has 3 heteroatoms. The van der Waals surface area contributed by atoms with Crippen LogP contribution >= 0.6 is 0 Å². The Hall–Kier alpha value is -0.120. The quantitative estimate of drug-likeness (QED) is 0.444. The van der Waals surface area contributed by atoms with E-state index < -0.39 is 6.29 Å². The highest BCUT2D eigenvalue weighted by molar-refractivity contribution is 4.52. The average molecular weight is 175 g/mol. The molecule has 0 bridgehead atoms. The molecule has 0 amide bonds. The topological polar surface area (TPSA) is 43.7 Å². The maximum absolute atomic E-state index is 8.57. The molecular weight excluding hydrogens is 154 g/mol. The van der Waals surface area contributed by atoms with Gasteiger partial charge in [0.25, 0.3) is 0 Å². The third-order valence-electron chi connectivity index (χ3n) is 2.08. The summed E-state index contributed by atoms with van der Waals surface area (Å²) in [6.45, 7) is 7.52. The molecule has 3 nitrogen and oxygen atoms in total. The van der Waals surface area contributed by atoms with E-state index >= 15 is 0 Å². The van der Waals surface area contributed by atoms with Crippen LogP contribution in [0.2, 0.25) is 0 Å². The Morgan fingerprint density at radius 1 is 1.08 bits per heavy atom. The summed E-state index contributed by atoms with van der Waals surface area (Å²) in [4.78, 5) is 2.34. The zero-order valence-corrected chi connectivity index (χ0v) is 8.16. The molecule has 74 valence electrons. The molecule has 2 N–H and O–H groups in total. The summed E-state index contributed by atoms with van der Waals surface area (Å²) in [5.74, 6) is 0. The van der Waals surface area contributed by atoms with Gasteiger partial charge in [0.1, 0.15) is 0 Å². The number of aliphatic hydroxyl groups excluding tert-OH is 1. The van der Waals surface area contributed by atoms with Crippen molar-refractivity contribution in [3.8, 4) is 0 Å². The minimum absolute atomic E-state index is 0.501. The van der Waals surface area contributed by atoms with Crippen molar-refractivity contribution in [1.82, 2.24) is 4.90 Å². The van der Waals surface area contributed by atoms with Crippen LogP contribution in [-0.2, 0) is 0 Å².